The smallest absolute Gasteiger partial charge is 0.409 e. The van der Waals surface area contributed by atoms with E-state index in [0.717, 1.165) is 16.0 Å². The van der Waals surface area contributed by atoms with Crippen molar-refractivity contribution in [1.82, 2.24) is 10.2 Å². The van der Waals surface area contributed by atoms with Crippen LogP contribution in [-0.2, 0) is 39.8 Å². The third kappa shape index (κ3) is 7.88. The predicted octanol–water partition coefficient (Wildman–Crippen LogP) is 3.15. The molecule has 2 N–H and O–H groups in total. The third-order valence-corrected chi connectivity index (χ3v) is 9.85. The summed E-state index contributed by atoms with van der Waals surface area (Å²) in [4.78, 5) is 54.7. The molecular formula is C35H44ClN3O10. The molecule has 0 saturated carbocycles. The molecule has 3 heterocycles. The first-order valence-corrected chi connectivity index (χ1v) is 16.2. The third-order valence-electron chi connectivity index (χ3n) is 9.47. The predicted molar refractivity (Wildman–Crippen MR) is 180 cm³/mol. The van der Waals surface area contributed by atoms with E-state index in [2.05, 4.69) is 11.2 Å². The standard InChI is InChI=1S/C35H44ClN3O10/c1-10-23(38(6)21(4)40)32(42)48-28-17-29(41)39(7)24-15-22(16-25(45-8)30(24)36)14-19(2)12-11-13-27(46-9)35(44)18-26(47-33(43)37-35)20(3)31-34(28,5)49-31/h1,11-13,15-16,20,23,26-28,31,44H,14,17-18H2,2-9H3,(H,37,43)/b13-11+,19-12+/t20-,23+,26+,27-,28+,31+,34+,35+/m1/s1. The van der Waals surface area contributed by atoms with Crippen LogP contribution >= 0.6 is 11.6 Å². The average molecular weight is 702 g/mol. The fourth-order valence-electron chi connectivity index (χ4n) is 6.33. The molecule has 0 radical (unpaired) electrons. The molecule has 4 rings (SSSR count). The zero-order valence-corrected chi connectivity index (χ0v) is 29.7. The number of alkyl carbamates (subject to hydrolysis) is 1. The van der Waals surface area contributed by atoms with Crippen molar-refractivity contribution < 1.29 is 48.0 Å². The Morgan fingerprint density at radius 1 is 1.29 bits per heavy atom. The van der Waals surface area contributed by atoms with Gasteiger partial charge >= 0.3 is 12.1 Å². The maximum absolute atomic E-state index is 14.0. The number of ether oxygens (including phenoxy) is 5. The monoisotopic (exact) mass is 701 g/mol. The fourth-order valence-corrected chi connectivity index (χ4v) is 6.64. The van der Waals surface area contributed by atoms with Crippen LogP contribution in [0.15, 0.2) is 35.9 Å². The molecular weight excluding hydrogens is 658 g/mol. The number of fused-ring (bicyclic) bond motifs is 5. The summed E-state index contributed by atoms with van der Waals surface area (Å²) in [7, 11) is 5.80. The molecule has 3 aliphatic heterocycles. The average Bonchev–Trinajstić information content (AvgIpc) is 3.74. The Bertz CT molecular complexity index is 1590. The molecule has 1 aromatic carbocycles. The largest absolute Gasteiger partial charge is 0.495 e. The number of epoxide rings is 1. The topological polar surface area (TPSA) is 156 Å². The molecule has 2 saturated heterocycles. The molecule has 0 spiro atoms. The molecule has 8 atom stereocenters. The van der Waals surface area contributed by atoms with Crippen molar-refractivity contribution in [2.75, 3.05) is 33.2 Å². The first kappa shape index (κ1) is 37.7. The number of amides is 3. The van der Waals surface area contributed by atoms with E-state index in [9.17, 15) is 24.3 Å². The molecule has 49 heavy (non-hydrogen) atoms. The van der Waals surface area contributed by atoms with Crippen LogP contribution in [0.2, 0.25) is 5.02 Å². The summed E-state index contributed by atoms with van der Waals surface area (Å²) < 4.78 is 28.8. The minimum absolute atomic E-state index is 0.0692. The molecule has 3 aliphatic rings. The van der Waals surface area contributed by atoms with E-state index in [1.54, 1.807) is 45.2 Å². The first-order chi connectivity index (χ1) is 23.0. The van der Waals surface area contributed by atoms with Gasteiger partial charge in [0.25, 0.3) is 0 Å². The molecule has 0 aliphatic carbocycles. The van der Waals surface area contributed by atoms with Gasteiger partial charge in [-0.15, -0.1) is 6.42 Å². The molecule has 13 nitrogen and oxygen atoms in total. The van der Waals surface area contributed by atoms with Crippen molar-refractivity contribution in [2.45, 2.75) is 88.7 Å². The van der Waals surface area contributed by atoms with Gasteiger partial charge in [0, 0.05) is 40.5 Å². The number of esters is 1. The number of likely N-dealkylation sites (N-methyl/N-ethyl adjacent to an activating group) is 1. The van der Waals surface area contributed by atoms with Gasteiger partial charge in [-0.3, -0.25) is 14.9 Å². The second kappa shape index (κ2) is 14.8. The number of benzene rings is 1. The highest BCUT2D eigenvalue weighted by Crippen LogP contribution is 2.49. The second-order valence-corrected chi connectivity index (χ2v) is 13.3. The SMILES string of the molecule is C#C[C@@H](C(=O)O[C@H]1CC(=O)N(C)c2cc(cc(OC)c2Cl)C/C(C)=C/C=C/[C@@H](OC)[C@@]2(O)C[C@H](OC(=O)N2)[C@@H](C)[C@@H]2O[C@@]12C)N(C)C(C)=O. The summed E-state index contributed by atoms with van der Waals surface area (Å²) >= 11 is 6.71. The van der Waals surface area contributed by atoms with E-state index in [-0.39, 0.29) is 17.9 Å². The minimum Gasteiger partial charge on any atom is -0.495 e. The zero-order chi connectivity index (χ0) is 36.4. The van der Waals surface area contributed by atoms with Gasteiger partial charge in [-0.25, -0.2) is 9.59 Å². The van der Waals surface area contributed by atoms with Crippen molar-refractivity contribution in [3.63, 3.8) is 0 Å². The van der Waals surface area contributed by atoms with E-state index in [4.69, 9.17) is 41.7 Å². The maximum atomic E-state index is 14.0. The van der Waals surface area contributed by atoms with Crippen molar-refractivity contribution in [2.24, 2.45) is 5.92 Å². The summed E-state index contributed by atoms with van der Waals surface area (Å²) in [6, 6.07) is 2.17. The van der Waals surface area contributed by atoms with Crippen LogP contribution in [0, 0.1) is 18.3 Å². The molecule has 2 fully saturated rings. The van der Waals surface area contributed by atoms with Crippen LogP contribution < -0.4 is 15.0 Å². The van der Waals surface area contributed by atoms with Crippen LogP contribution in [-0.4, -0.2) is 104 Å². The number of aliphatic hydroxyl groups is 1. The molecule has 0 aromatic heterocycles. The first-order valence-electron chi connectivity index (χ1n) is 15.8. The highest BCUT2D eigenvalue weighted by molar-refractivity contribution is 6.35. The summed E-state index contributed by atoms with van der Waals surface area (Å²) in [5, 5.41) is 14.4. The Kier molecular flexibility index (Phi) is 11.4. The molecule has 1 aromatic rings. The number of anilines is 1. The highest BCUT2D eigenvalue weighted by atomic mass is 35.5. The van der Waals surface area contributed by atoms with Crippen LogP contribution in [0.25, 0.3) is 0 Å². The Balaban J connectivity index is 1.81. The maximum Gasteiger partial charge on any atom is 0.409 e. The number of hydrogen-bond donors (Lipinski definition) is 2. The Hall–Kier alpha value is -4.09. The quantitative estimate of drug-likeness (QED) is 0.266. The Morgan fingerprint density at radius 2 is 1.98 bits per heavy atom. The second-order valence-electron chi connectivity index (χ2n) is 12.9. The van der Waals surface area contributed by atoms with Gasteiger partial charge in [0.05, 0.1) is 25.3 Å². The Labute approximate surface area is 291 Å². The van der Waals surface area contributed by atoms with Gasteiger partial charge < -0.3 is 38.6 Å². The van der Waals surface area contributed by atoms with E-state index in [1.807, 2.05) is 13.0 Å². The van der Waals surface area contributed by atoms with Crippen LogP contribution in [0.5, 0.6) is 5.75 Å². The van der Waals surface area contributed by atoms with Crippen LogP contribution in [0.1, 0.15) is 46.1 Å². The summed E-state index contributed by atoms with van der Waals surface area (Å²) in [6.07, 6.45) is 6.27. The number of hydrogen-bond acceptors (Lipinski definition) is 10. The number of allylic oxidation sites excluding steroid dienone is 3. The van der Waals surface area contributed by atoms with Gasteiger partial charge in [0.15, 0.2) is 11.8 Å². The number of carbonyl (C=O) groups is 4. The lowest BCUT2D eigenvalue weighted by molar-refractivity contribution is -0.160. The number of nitrogens with zero attached hydrogens (tertiary/aromatic N) is 2. The molecule has 266 valence electrons. The number of rotatable bonds is 5. The van der Waals surface area contributed by atoms with Gasteiger partial charge in [-0.05, 0) is 38.0 Å². The molecule has 4 bridgehead atoms. The molecule has 14 heteroatoms. The number of carbonyl (C=O) groups excluding carboxylic acids is 4. The van der Waals surface area contributed by atoms with E-state index in [1.165, 1.54) is 33.1 Å². The van der Waals surface area contributed by atoms with Crippen molar-refractivity contribution in [3.05, 3.63) is 46.5 Å². The highest BCUT2D eigenvalue weighted by Gasteiger charge is 2.64. The van der Waals surface area contributed by atoms with E-state index in [0.29, 0.717) is 17.9 Å². The summed E-state index contributed by atoms with van der Waals surface area (Å²) in [5.41, 5.74) is -1.03. The van der Waals surface area contributed by atoms with Crippen LogP contribution in [0.3, 0.4) is 0 Å². The lowest BCUT2D eigenvalue weighted by Crippen LogP contribution is -2.63. The lowest BCUT2D eigenvalue weighted by Gasteiger charge is -2.42. The van der Waals surface area contributed by atoms with Crippen LogP contribution in [0.4, 0.5) is 10.5 Å². The molecule has 0 unspecified atom stereocenters. The minimum atomic E-state index is -1.84. The Morgan fingerprint density at radius 3 is 2.59 bits per heavy atom. The van der Waals surface area contributed by atoms with Gasteiger partial charge in [-0.1, -0.05) is 48.2 Å². The van der Waals surface area contributed by atoms with Gasteiger partial charge in [0.2, 0.25) is 11.8 Å². The number of halogens is 1. The van der Waals surface area contributed by atoms with Crippen molar-refractivity contribution in [3.8, 4) is 18.1 Å². The fraction of sp³-hybridized carbons (Fsp3) is 0.543. The summed E-state index contributed by atoms with van der Waals surface area (Å²) in [6.45, 7) is 6.60. The molecule has 3 amide bonds. The number of nitrogens with one attached hydrogen (secondary N) is 1. The summed E-state index contributed by atoms with van der Waals surface area (Å²) in [5.74, 6) is 0.213. The van der Waals surface area contributed by atoms with E-state index >= 15 is 0 Å². The number of terminal acetylenes is 1. The lowest BCUT2D eigenvalue weighted by atomic mass is 9.83. The zero-order valence-electron chi connectivity index (χ0n) is 28.9. The van der Waals surface area contributed by atoms with Crippen molar-refractivity contribution in [1.29, 1.82) is 0 Å². The van der Waals surface area contributed by atoms with Gasteiger partial charge in [-0.2, -0.15) is 0 Å². The number of methoxy groups -OCH3 is 2. The van der Waals surface area contributed by atoms with E-state index < -0.39 is 71.6 Å². The normalized spacial score (nSPS) is 32.6. The van der Waals surface area contributed by atoms with Gasteiger partial charge in [0.1, 0.15) is 34.7 Å². The van der Waals surface area contributed by atoms with Crippen molar-refractivity contribution >= 4 is 41.2 Å².